The molecule has 134 valence electrons. The van der Waals surface area contributed by atoms with Crippen LogP contribution in [-0.2, 0) is 6.54 Å². The van der Waals surface area contributed by atoms with Crippen LogP contribution in [0.1, 0.15) is 56.9 Å². The van der Waals surface area contributed by atoms with Gasteiger partial charge in [-0.25, -0.2) is 0 Å². The van der Waals surface area contributed by atoms with E-state index in [1.165, 1.54) is 19.3 Å². The summed E-state index contributed by atoms with van der Waals surface area (Å²) < 4.78 is 0. The van der Waals surface area contributed by atoms with Crippen LogP contribution in [0.15, 0.2) is 23.0 Å². The molecule has 3 nitrogen and oxygen atoms in total. The van der Waals surface area contributed by atoms with E-state index >= 15 is 0 Å². The van der Waals surface area contributed by atoms with E-state index in [1.54, 1.807) is 0 Å². The lowest BCUT2D eigenvalue weighted by Crippen LogP contribution is -2.35. The molecule has 1 N–H and O–H groups in total. The first-order valence-corrected chi connectivity index (χ1v) is 9.52. The van der Waals surface area contributed by atoms with Gasteiger partial charge in [-0.2, -0.15) is 0 Å². The molecule has 1 aromatic heterocycles. The van der Waals surface area contributed by atoms with E-state index in [1.807, 2.05) is 26.0 Å². The number of likely N-dealkylation sites (tertiary alicyclic amines) is 1. The SMILES string of the molecule is Cc1ccc2[nH]c(C)c(CN3C[C@]4(C)C[C@@H]3CC(C)(C)C4)c(=O)c2c1. The van der Waals surface area contributed by atoms with E-state index in [0.717, 1.165) is 40.8 Å². The molecular formula is C22H30N2O. The van der Waals surface area contributed by atoms with Crippen molar-refractivity contribution in [2.45, 2.75) is 66.5 Å². The molecular weight excluding hydrogens is 308 g/mol. The highest BCUT2D eigenvalue weighted by Crippen LogP contribution is 2.52. The van der Waals surface area contributed by atoms with Gasteiger partial charge in [0.15, 0.2) is 5.43 Å². The number of aromatic amines is 1. The molecule has 0 amide bonds. The number of fused-ring (bicyclic) bond motifs is 3. The van der Waals surface area contributed by atoms with Gasteiger partial charge in [-0.05, 0) is 56.1 Å². The van der Waals surface area contributed by atoms with Crippen LogP contribution in [0.2, 0.25) is 0 Å². The van der Waals surface area contributed by atoms with Crippen molar-refractivity contribution < 1.29 is 0 Å². The van der Waals surface area contributed by atoms with Crippen molar-refractivity contribution in [1.82, 2.24) is 9.88 Å². The minimum atomic E-state index is 0.209. The Morgan fingerprint density at radius 1 is 1.20 bits per heavy atom. The average Bonchev–Trinajstić information content (AvgIpc) is 2.73. The van der Waals surface area contributed by atoms with Gasteiger partial charge in [0.05, 0.1) is 0 Å². The standard InChI is InChI=1S/C22H30N2O/c1-14-6-7-19-17(8-14)20(25)18(15(2)23-19)11-24-13-22(5)10-16(24)9-21(3,4)12-22/h6-8,16H,9-13H2,1-5H3,(H,23,25)/t16-,22+/m0/s1. The molecule has 0 radical (unpaired) electrons. The van der Waals surface area contributed by atoms with Crippen molar-refractivity contribution in [2.75, 3.05) is 6.54 Å². The Labute approximate surface area is 150 Å². The molecule has 1 saturated heterocycles. The Morgan fingerprint density at radius 2 is 1.96 bits per heavy atom. The van der Waals surface area contributed by atoms with Crippen molar-refractivity contribution in [3.63, 3.8) is 0 Å². The van der Waals surface area contributed by atoms with Crippen LogP contribution >= 0.6 is 0 Å². The highest BCUT2D eigenvalue weighted by Gasteiger charge is 2.49. The van der Waals surface area contributed by atoms with Crippen LogP contribution < -0.4 is 5.43 Å². The molecule has 1 aliphatic heterocycles. The maximum absolute atomic E-state index is 13.1. The zero-order chi connectivity index (χ0) is 18.0. The zero-order valence-corrected chi connectivity index (χ0v) is 16.2. The fourth-order valence-electron chi connectivity index (χ4n) is 5.72. The number of nitrogens with zero attached hydrogens (tertiary/aromatic N) is 1. The highest BCUT2D eigenvalue weighted by molar-refractivity contribution is 5.80. The third kappa shape index (κ3) is 2.93. The second kappa shape index (κ2) is 5.44. The normalized spacial score (nSPS) is 28.6. The number of hydrogen-bond donors (Lipinski definition) is 1. The summed E-state index contributed by atoms with van der Waals surface area (Å²) in [6.45, 7) is 13.2. The van der Waals surface area contributed by atoms with E-state index in [2.05, 4.69) is 36.7 Å². The molecule has 2 aromatic rings. The smallest absolute Gasteiger partial charge is 0.194 e. The van der Waals surface area contributed by atoms with Crippen LogP contribution in [0, 0.1) is 24.7 Å². The average molecular weight is 338 g/mol. The van der Waals surface area contributed by atoms with Crippen LogP contribution in [-0.4, -0.2) is 22.5 Å². The number of aromatic nitrogens is 1. The number of rotatable bonds is 2. The monoisotopic (exact) mass is 338 g/mol. The summed E-state index contributed by atoms with van der Waals surface area (Å²) in [5.41, 5.74) is 5.08. The summed E-state index contributed by atoms with van der Waals surface area (Å²) in [7, 11) is 0. The quantitative estimate of drug-likeness (QED) is 0.872. The summed E-state index contributed by atoms with van der Waals surface area (Å²) in [6, 6.07) is 6.71. The molecule has 2 bridgehead atoms. The minimum absolute atomic E-state index is 0.209. The molecule has 4 rings (SSSR count). The van der Waals surface area contributed by atoms with Crippen LogP contribution in [0.25, 0.3) is 10.9 Å². The number of H-pyrrole nitrogens is 1. The summed E-state index contributed by atoms with van der Waals surface area (Å²) in [6.07, 6.45) is 3.81. The van der Waals surface area contributed by atoms with E-state index in [-0.39, 0.29) is 5.43 Å². The maximum atomic E-state index is 13.1. The zero-order valence-electron chi connectivity index (χ0n) is 16.2. The van der Waals surface area contributed by atoms with E-state index < -0.39 is 0 Å². The lowest BCUT2D eigenvalue weighted by molar-refractivity contribution is 0.126. The molecule has 2 atom stereocenters. The minimum Gasteiger partial charge on any atom is -0.358 e. The van der Waals surface area contributed by atoms with Gasteiger partial charge in [0.1, 0.15) is 0 Å². The second-order valence-corrected chi connectivity index (χ2v) is 9.73. The van der Waals surface area contributed by atoms with Crippen molar-refractivity contribution in [3.8, 4) is 0 Å². The van der Waals surface area contributed by atoms with Crippen LogP contribution in [0.4, 0.5) is 0 Å². The Bertz CT molecular complexity index is 895. The third-order valence-electron chi connectivity index (χ3n) is 6.35. The first-order valence-electron chi connectivity index (χ1n) is 9.52. The lowest BCUT2D eigenvalue weighted by atomic mass is 9.65. The Balaban J connectivity index is 1.71. The number of nitrogens with one attached hydrogen (secondary N) is 1. The van der Waals surface area contributed by atoms with Gasteiger partial charge < -0.3 is 4.98 Å². The fraction of sp³-hybridized carbons (Fsp3) is 0.591. The van der Waals surface area contributed by atoms with E-state index in [4.69, 9.17) is 0 Å². The summed E-state index contributed by atoms with van der Waals surface area (Å²) in [4.78, 5) is 19.2. The summed E-state index contributed by atoms with van der Waals surface area (Å²) in [5.74, 6) is 0. The molecule has 25 heavy (non-hydrogen) atoms. The lowest BCUT2D eigenvalue weighted by Gasteiger charge is -2.40. The molecule has 2 heterocycles. The van der Waals surface area contributed by atoms with Gasteiger partial charge in [-0.15, -0.1) is 0 Å². The molecule has 3 heteroatoms. The van der Waals surface area contributed by atoms with Gasteiger partial charge >= 0.3 is 0 Å². The fourth-order valence-corrected chi connectivity index (χ4v) is 5.72. The van der Waals surface area contributed by atoms with Crippen molar-refractivity contribution in [3.05, 3.63) is 45.2 Å². The Morgan fingerprint density at radius 3 is 2.72 bits per heavy atom. The van der Waals surface area contributed by atoms with Gasteiger partial charge in [-0.3, -0.25) is 9.69 Å². The maximum Gasteiger partial charge on any atom is 0.194 e. The van der Waals surface area contributed by atoms with Gasteiger partial charge in [0.25, 0.3) is 0 Å². The third-order valence-corrected chi connectivity index (χ3v) is 6.35. The summed E-state index contributed by atoms with van der Waals surface area (Å²) >= 11 is 0. The molecule has 1 aromatic carbocycles. The predicted molar refractivity (Wildman–Crippen MR) is 104 cm³/mol. The Kier molecular flexibility index (Phi) is 3.66. The molecule has 1 saturated carbocycles. The molecule has 0 unspecified atom stereocenters. The van der Waals surface area contributed by atoms with Gasteiger partial charge in [0, 0.05) is 41.3 Å². The van der Waals surface area contributed by atoms with Crippen molar-refractivity contribution in [2.24, 2.45) is 10.8 Å². The van der Waals surface area contributed by atoms with Crippen molar-refractivity contribution >= 4 is 10.9 Å². The number of hydrogen-bond acceptors (Lipinski definition) is 2. The molecule has 2 aliphatic rings. The topological polar surface area (TPSA) is 36.1 Å². The molecule has 1 aliphatic carbocycles. The van der Waals surface area contributed by atoms with Gasteiger partial charge in [0.2, 0.25) is 0 Å². The number of aryl methyl sites for hydroxylation is 2. The van der Waals surface area contributed by atoms with Gasteiger partial charge in [-0.1, -0.05) is 32.4 Å². The highest BCUT2D eigenvalue weighted by atomic mass is 16.1. The second-order valence-electron chi connectivity index (χ2n) is 9.73. The molecule has 2 fully saturated rings. The molecule has 0 spiro atoms. The number of benzene rings is 1. The van der Waals surface area contributed by atoms with E-state index in [0.29, 0.717) is 16.9 Å². The Hall–Kier alpha value is -1.61. The first kappa shape index (κ1) is 16.8. The summed E-state index contributed by atoms with van der Waals surface area (Å²) in [5, 5.41) is 0.828. The van der Waals surface area contributed by atoms with Crippen LogP contribution in [0.3, 0.4) is 0 Å². The van der Waals surface area contributed by atoms with Crippen molar-refractivity contribution in [1.29, 1.82) is 0 Å². The first-order chi connectivity index (χ1) is 11.7. The largest absolute Gasteiger partial charge is 0.358 e. The predicted octanol–water partition coefficient (Wildman–Crippen LogP) is 4.55. The number of pyridine rings is 1. The van der Waals surface area contributed by atoms with Crippen LogP contribution in [0.5, 0.6) is 0 Å². The van der Waals surface area contributed by atoms with E-state index in [9.17, 15) is 4.79 Å².